The van der Waals surface area contributed by atoms with E-state index in [1.165, 1.54) is 37.8 Å². The molecule has 1 aliphatic rings. The quantitative estimate of drug-likeness (QED) is 0.813. The van der Waals surface area contributed by atoms with Crippen molar-refractivity contribution in [3.63, 3.8) is 0 Å². The lowest BCUT2D eigenvalue weighted by Gasteiger charge is -2.26. The highest BCUT2D eigenvalue weighted by Gasteiger charge is 2.24. The third-order valence-electron chi connectivity index (χ3n) is 5.43. The number of amides is 1. The van der Waals surface area contributed by atoms with Crippen molar-refractivity contribution in [1.29, 1.82) is 0 Å². The monoisotopic (exact) mass is 339 g/mol. The molecule has 0 spiro atoms. The molecule has 0 unspecified atom stereocenters. The third kappa shape index (κ3) is 3.94. The van der Waals surface area contributed by atoms with Gasteiger partial charge in [-0.15, -0.1) is 0 Å². The largest absolute Gasteiger partial charge is 0.345 e. The van der Waals surface area contributed by atoms with E-state index in [9.17, 15) is 4.79 Å². The van der Waals surface area contributed by atoms with Gasteiger partial charge in [-0.05, 0) is 44.9 Å². The number of rotatable bonds is 5. The summed E-state index contributed by atoms with van der Waals surface area (Å²) in [6.07, 6.45) is 9.00. The summed E-state index contributed by atoms with van der Waals surface area (Å²) in [4.78, 5) is 19.1. The maximum atomic E-state index is 12.9. The molecule has 0 saturated heterocycles. The van der Waals surface area contributed by atoms with Crippen molar-refractivity contribution >= 4 is 5.91 Å². The lowest BCUT2D eigenvalue weighted by molar-refractivity contribution is 0.0795. The first-order chi connectivity index (χ1) is 12.1. The molecule has 1 fully saturated rings. The second kappa shape index (κ2) is 7.85. The molecule has 134 valence electrons. The van der Waals surface area contributed by atoms with E-state index in [2.05, 4.69) is 29.5 Å². The molecule has 4 heteroatoms. The zero-order valence-electron chi connectivity index (χ0n) is 15.7. The molecular formula is C21H29N3O. The lowest BCUT2D eigenvalue weighted by Crippen LogP contribution is -2.29. The minimum Gasteiger partial charge on any atom is -0.345 e. The van der Waals surface area contributed by atoms with Gasteiger partial charge < -0.3 is 9.47 Å². The van der Waals surface area contributed by atoms with Gasteiger partial charge in [-0.1, -0.05) is 25.3 Å². The number of likely N-dealkylation sites (N-methyl/N-ethyl adjacent to an activating group) is 1. The number of carbonyl (C=O) groups is 1. The van der Waals surface area contributed by atoms with Crippen LogP contribution in [-0.2, 0) is 6.42 Å². The van der Waals surface area contributed by atoms with Crippen molar-refractivity contribution < 1.29 is 4.79 Å². The Morgan fingerprint density at radius 2 is 2.00 bits per heavy atom. The number of aryl methyl sites for hydroxylation is 1. The number of carbonyl (C=O) groups excluding carboxylic acids is 1. The summed E-state index contributed by atoms with van der Waals surface area (Å²) in [6.45, 7) is 4.91. The molecule has 2 heterocycles. The maximum absolute atomic E-state index is 12.9. The van der Waals surface area contributed by atoms with Crippen LogP contribution in [0.4, 0.5) is 0 Å². The van der Waals surface area contributed by atoms with Crippen molar-refractivity contribution in [3.05, 3.63) is 53.1 Å². The Kier molecular flexibility index (Phi) is 5.57. The highest BCUT2D eigenvalue weighted by atomic mass is 16.2. The molecule has 2 aromatic rings. The fraction of sp³-hybridized carbons (Fsp3) is 0.524. The maximum Gasteiger partial charge on any atom is 0.255 e. The molecule has 25 heavy (non-hydrogen) atoms. The van der Waals surface area contributed by atoms with E-state index in [1.54, 1.807) is 6.20 Å². The van der Waals surface area contributed by atoms with Crippen LogP contribution in [0, 0.1) is 13.8 Å². The molecule has 0 radical (unpaired) electrons. The average Bonchev–Trinajstić information content (AvgIpc) is 2.95. The van der Waals surface area contributed by atoms with Gasteiger partial charge in [-0.2, -0.15) is 0 Å². The van der Waals surface area contributed by atoms with Crippen molar-refractivity contribution in [2.24, 2.45) is 0 Å². The number of hydrogen-bond acceptors (Lipinski definition) is 2. The van der Waals surface area contributed by atoms with Crippen LogP contribution in [0.1, 0.15) is 65.6 Å². The van der Waals surface area contributed by atoms with E-state index in [-0.39, 0.29) is 5.91 Å². The van der Waals surface area contributed by atoms with Gasteiger partial charge in [-0.25, -0.2) is 0 Å². The van der Waals surface area contributed by atoms with E-state index < -0.39 is 0 Å². The first-order valence-electron chi connectivity index (χ1n) is 9.41. The van der Waals surface area contributed by atoms with Crippen LogP contribution in [0.3, 0.4) is 0 Å². The minimum atomic E-state index is 0.117. The van der Waals surface area contributed by atoms with Crippen molar-refractivity contribution in [1.82, 2.24) is 14.5 Å². The van der Waals surface area contributed by atoms with Crippen molar-refractivity contribution in [2.75, 3.05) is 13.6 Å². The van der Waals surface area contributed by atoms with Gasteiger partial charge in [0.25, 0.3) is 5.91 Å². The van der Waals surface area contributed by atoms with Crippen LogP contribution < -0.4 is 0 Å². The van der Waals surface area contributed by atoms with Crippen LogP contribution in [0.5, 0.6) is 0 Å². The summed E-state index contributed by atoms with van der Waals surface area (Å²) in [7, 11) is 1.89. The van der Waals surface area contributed by atoms with Gasteiger partial charge in [0.05, 0.1) is 5.56 Å². The Labute approximate surface area is 150 Å². The highest BCUT2D eigenvalue weighted by Crippen LogP contribution is 2.32. The van der Waals surface area contributed by atoms with Crippen molar-refractivity contribution in [3.8, 4) is 0 Å². The van der Waals surface area contributed by atoms with Crippen LogP contribution in [0.15, 0.2) is 30.5 Å². The number of nitrogens with zero attached hydrogens (tertiary/aromatic N) is 3. The molecule has 0 atom stereocenters. The topological polar surface area (TPSA) is 38.1 Å². The van der Waals surface area contributed by atoms with Gasteiger partial charge in [0, 0.05) is 49.3 Å². The molecule has 0 N–H and O–H groups in total. The van der Waals surface area contributed by atoms with Gasteiger partial charge in [-0.3, -0.25) is 9.78 Å². The Balaban J connectivity index is 1.71. The normalized spacial score (nSPS) is 15.3. The molecule has 1 saturated carbocycles. The molecule has 1 aliphatic carbocycles. The standard InChI is InChI=1S/C21H29N3O/c1-16-15-20(17(2)24(16)19-10-5-4-6-11-19)21(25)23(3)14-12-18-9-7-8-13-22-18/h7-9,13,15,19H,4-6,10-12,14H2,1-3H3. The van der Waals surface area contributed by atoms with Crippen LogP contribution in [0.25, 0.3) is 0 Å². The fourth-order valence-electron chi connectivity index (χ4n) is 4.03. The van der Waals surface area contributed by atoms with E-state index in [0.717, 1.165) is 23.4 Å². The molecule has 0 bridgehead atoms. The lowest BCUT2D eigenvalue weighted by atomic mass is 9.95. The van der Waals surface area contributed by atoms with Gasteiger partial charge in [0.15, 0.2) is 0 Å². The van der Waals surface area contributed by atoms with E-state index in [4.69, 9.17) is 0 Å². The van der Waals surface area contributed by atoms with E-state index in [1.807, 2.05) is 30.1 Å². The molecule has 3 rings (SSSR count). The summed E-state index contributed by atoms with van der Waals surface area (Å²) >= 11 is 0. The molecule has 4 nitrogen and oxygen atoms in total. The fourth-order valence-corrected chi connectivity index (χ4v) is 4.03. The van der Waals surface area contributed by atoms with E-state index in [0.29, 0.717) is 12.6 Å². The van der Waals surface area contributed by atoms with Crippen molar-refractivity contribution in [2.45, 2.75) is 58.4 Å². The number of pyridine rings is 1. The zero-order chi connectivity index (χ0) is 17.8. The third-order valence-corrected chi connectivity index (χ3v) is 5.43. The zero-order valence-corrected chi connectivity index (χ0v) is 15.7. The first-order valence-corrected chi connectivity index (χ1v) is 9.41. The second-order valence-corrected chi connectivity index (χ2v) is 7.24. The first kappa shape index (κ1) is 17.7. The molecular weight excluding hydrogens is 310 g/mol. The Hall–Kier alpha value is -2.10. The van der Waals surface area contributed by atoms with Gasteiger partial charge in [0.2, 0.25) is 0 Å². The summed E-state index contributed by atoms with van der Waals surface area (Å²) in [6, 6.07) is 8.55. The van der Waals surface area contributed by atoms with Crippen LogP contribution in [0.2, 0.25) is 0 Å². The average molecular weight is 339 g/mol. The Morgan fingerprint density at radius 1 is 1.24 bits per heavy atom. The van der Waals surface area contributed by atoms with Gasteiger partial charge >= 0.3 is 0 Å². The van der Waals surface area contributed by atoms with Crippen LogP contribution in [-0.4, -0.2) is 34.0 Å². The molecule has 2 aromatic heterocycles. The summed E-state index contributed by atoms with van der Waals surface area (Å²) in [5, 5.41) is 0. The molecule has 0 aliphatic heterocycles. The molecule has 0 aromatic carbocycles. The Bertz CT molecular complexity index is 714. The highest BCUT2D eigenvalue weighted by molar-refractivity contribution is 5.95. The Morgan fingerprint density at radius 3 is 2.68 bits per heavy atom. The number of aromatic nitrogens is 2. The minimum absolute atomic E-state index is 0.117. The van der Waals surface area contributed by atoms with Gasteiger partial charge in [0.1, 0.15) is 0 Å². The molecule has 1 amide bonds. The predicted octanol–water partition coefficient (Wildman–Crippen LogP) is 4.32. The second-order valence-electron chi connectivity index (χ2n) is 7.24. The predicted molar refractivity (Wildman–Crippen MR) is 101 cm³/mol. The summed E-state index contributed by atoms with van der Waals surface area (Å²) in [5.74, 6) is 0.117. The van der Waals surface area contributed by atoms with E-state index >= 15 is 0 Å². The SMILES string of the molecule is Cc1cc(C(=O)N(C)CCc2ccccn2)c(C)n1C1CCCCC1. The summed E-state index contributed by atoms with van der Waals surface area (Å²) < 4.78 is 2.40. The summed E-state index contributed by atoms with van der Waals surface area (Å²) in [5.41, 5.74) is 4.21. The number of hydrogen-bond donors (Lipinski definition) is 0. The van der Waals surface area contributed by atoms with Crippen LogP contribution >= 0.6 is 0 Å². The smallest absolute Gasteiger partial charge is 0.255 e.